The Hall–Kier alpha value is -1.79. The Morgan fingerprint density at radius 2 is 2.22 bits per heavy atom. The zero-order valence-electron chi connectivity index (χ0n) is 14.0. The van der Waals surface area contributed by atoms with Crippen LogP contribution in [0.1, 0.15) is 18.1 Å². The van der Waals surface area contributed by atoms with E-state index in [1.807, 2.05) is 17.7 Å². The molecule has 1 amide bonds. The van der Waals surface area contributed by atoms with E-state index in [0.717, 1.165) is 10.8 Å². The number of thioether (sulfide) groups is 1. The lowest BCUT2D eigenvalue weighted by atomic mass is 10.1. The Bertz CT molecular complexity index is 670. The van der Waals surface area contributed by atoms with E-state index in [1.165, 1.54) is 22.9 Å². The number of imidazole rings is 1. The van der Waals surface area contributed by atoms with Crippen LogP contribution in [0.25, 0.3) is 5.69 Å². The number of amides is 1. The zero-order chi connectivity index (χ0) is 16.8. The number of aryl methyl sites for hydroxylation is 2. The number of aromatic nitrogens is 2. The normalized spacial score (nSPS) is 12.2. The Morgan fingerprint density at radius 1 is 1.43 bits per heavy atom. The fourth-order valence-electron chi connectivity index (χ4n) is 2.30. The van der Waals surface area contributed by atoms with Crippen LogP contribution in [0.4, 0.5) is 0 Å². The van der Waals surface area contributed by atoms with Crippen LogP contribution in [0.5, 0.6) is 0 Å². The van der Waals surface area contributed by atoms with E-state index in [-0.39, 0.29) is 11.9 Å². The van der Waals surface area contributed by atoms with Crippen molar-refractivity contribution in [2.24, 2.45) is 0 Å². The highest BCUT2D eigenvalue weighted by Crippen LogP contribution is 2.23. The summed E-state index contributed by atoms with van der Waals surface area (Å²) < 4.78 is 7.04. The van der Waals surface area contributed by atoms with Crippen molar-refractivity contribution in [3.05, 3.63) is 41.7 Å². The third kappa shape index (κ3) is 4.84. The van der Waals surface area contributed by atoms with Gasteiger partial charge in [0.25, 0.3) is 0 Å². The first-order valence-electron chi connectivity index (χ1n) is 7.53. The van der Waals surface area contributed by atoms with Gasteiger partial charge in [-0.15, -0.1) is 0 Å². The number of carbonyl (C=O) groups is 1. The number of nitrogens with one attached hydrogen (secondary N) is 1. The van der Waals surface area contributed by atoms with E-state index in [0.29, 0.717) is 12.4 Å². The van der Waals surface area contributed by atoms with Crippen LogP contribution in [0.2, 0.25) is 0 Å². The maximum atomic E-state index is 12.0. The molecule has 0 radical (unpaired) electrons. The Labute approximate surface area is 141 Å². The minimum Gasteiger partial charge on any atom is -0.383 e. The molecule has 1 atom stereocenters. The summed E-state index contributed by atoms with van der Waals surface area (Å²) in [7, 11) is 1.62. The van der Waals surface area contributed by atoms with Crippen LogP contribution < -0.4 is 5.32 Å². The van der Waals surface area contributed by atoms with E-state index in [9.17, 15) is 4.79 Å². The molecule has 1 heterocycles. The van der Waals surface area contributed by atoms with Gasteiger partial charge in [0.2, 0.25) is 5.91 Å². The van der Waals surface area contributed by atoms with Crippen molar-refractivity contribution >= 4 is 17.7 Å². The number of rotatable bonds is 7. The first-order chi connectivity index (χ1) is 11.0. The maximum absolute atomic E-state index is 12.0. The fourth-order valence-corrected chi connectivity index (χ4v) is 3.07. The van der Waals surface area contributed by atoms with Gasteiger partial charge in [-0.3, -0.25) is 9.36 Å². The quantitative estimate of drug-likeness (QED) is 0.792. The number of hydrogen-bond acceptors (Lipinski definition) is 4. The second-order valence-electron chi connectivity index (χ2n) is 5.58. The number of hydrogen-bond donors (Lipinski definition) is 1. The van der Waals surface area contributed by atoms with Gasteiger partial charge in [-0.05, 0) is 38.0 Å². The van der Waals surface area contributed by atoms with Crippen LogP contribution in [0.3, 0.4) is 0 Å². The second-order valence-corrected chi connectivity index (χ2v) is 6.52. The summed E-state index contributed by atoms with van der Waals surface area (Å²) in [4.78, 5) is 16.3. The summed E-state index contributed by atoms with van der Waals surface area (Å²) in [6.07, 6.45) is 3.69. The maximum Gasteiger partial charge on any atom is 0.230 e. The fraction of sp³-hybridized carbons (Fsp3) is 0.412. The Balaban J connectivity index is 2.04. The van der Waals surface area contributed by atoms with Crippen molar-refractivity contribution in [3.8, 4) is 5.69 Å². The molecule has 0 fully saturated rings. The van der Waals surface area contributed by atoms with Crippen LogP contribution in [-0.2, 0) is 9.53 Å². The van der Waals surface area contributed by atoms with E-state index in [4.69, 9.17) is 4.74 Å². The first-order valence-corrected chi connectivity index (χ1v) is 8.52. The molecule has 6 heteroatoms. The van der Waals surface area contributed by atoms with Gasteiger partial charge >= 0.3 is 0 Å². The predicted molar refractivity (Wildman–Crippen MR) is 93.2 cm³/mol. The number of nitrogens with zero attached hydrogens (tertiary/aromatic N) is 2. The average molecular weight is 333 g/mol. The molecule has 1 aromatic carbocycles. The molecular weight excluding hydrogens is 310 g/mol. The monoisotopic (exact) mass is 333 g/mol. The van der Waals surface area contributed by atoms with Gasteiger partial charge in [-0.25, -0.2) is 4.98 Å². The highest BCUT2D eigenvalue weighted by atomic mass is 32.2. The molecule has 1 unspecified atom stereocenters. The lowest BCUT2D eigenvalue weighted by Gasteiger charge is -2.13. The molecule has 5 nitrogen and oxygen atoms in total. The first kappa shape index (κ1) is 17.6. The van der Waals surface area contributed by atoms with Crippen LogP contribution >= 0.6 is 11.8 Å². The lowest BCUT2D eigenvalue weighted by molar-refractivity contribution is -0.119. The van der Waals surface area contributed by atoms with Gasteiger partial charge in [0.1, 0.15) is 0 Å². The van der Waals surface area contributed by atoms with Crippen LogP contribution in [0, 0.1) is 13.8 Å². The minimum atomic E-state index is -0.0185. The summed E-state index contributed by atoms with van der Waals surface area (Å²) in [5.41, 5.74) is 3.47. The van der Waals surface area contributed by atoms with Gasteiger partial charge in [-0.2, -0.15) is 0 Å². The van der Waals surface area contributed by atoms with Crippen molar-refractivity contribution in [2.75, 3.05) is 19.5 Å². The summed E-state index contributed by atoms with van der Waals surface area (Å²) in [6.45, 7) is 6.57. The summed E-state index contributed by atoms with van der Waals surface area (Å²) in [6, 6.07) is 6.32. The van der Waals surface area contributed by atoms with Crippen LogP contribution in [-0.4, -0.2) is 41.0 Å². The van der Waals surface area contributed by atoms with Crippen molar-refractivity contribution in [1.82, 2.24) is 14.9 Å². The third-order valence-electron chi connectivity index (χ3n) is 3.39. The molecule has 1 aromatic heterocycles. The third-order valence-corrected chi connectivity index (χ3v) is 4.35. The van der Waals surface area contributed by atoms with Crippen molar-refractivity contribution in [2.45, 2.75) is 32.0 Å². The van der Waals surface area contributed by atoms with Gasteiger partial charge in [-0.1, -0.05) is 23.9 Å². The molecule has 2 rings (SSSR count). The van der Waals surface area contributed by atoms with Gasteiger partial charge in [0, 0.05) is 25.5 Å². The van der Waals surface area contributed by atoms with E-state index >= 15 is 0 Å². The molecule has 124 valence electrons. The summed E-state index contributed by atoms with van der Waals surface area (Å²) in [5, 5.41) is 3.71. The second kappa shape index (κ2) is 8.17. The minimum absolute atomic E-state index is 0.00635. The largest absolute Gasteiger partial charge is 0.383 e. The molecule has 0 aliphatic heterocycles. The van der Waals surface area contributed by atoms with Crippen LogP contribution in [0.15, 0.2) is 35.7 Å². The summed E-state index contributed by atoms with van der Waals surface area (Å²) >= 11 is 1.43. The van der Waals surface area contributed by atoms with Crippen molar-refractivity contribution in [3.63, 3.8) is 0 Å². The smallest absolute Gasteiger partial charge is 0.230 e. The standard InChI is InChI=1S/C17H23N3O2S/c1-12-5-6-13(2)15(9-12)20-8-7-18-17(20)23-11-16(21)19-14(3)10-22-4/h5-9,14H,10-11H2,1-4H3,(H,19,21). The topological polar surface area (TPSA) is 56.1 Å². The molecule has 0 saturated carbocycles. The molecular formula is C17H23N3O2S. The molecule has 23 heavy (non-hydrogen) atoms. The predicted octanol–water partition coefficient (Wildman–Crippen LogP) is 2.73. The zero-order valence-corrected chi connectivity index (χ0v) is 14.8. The number of carbonyl (C=O) groups excluding carboxylic acids is 1. The van der Waals surface area contributed by atoms with Gasteiger partial charge < -0.3 is 10.1 Å². The molecule has 1 N–H and O–H groups in total. The number of benzene rings is 1. The molecule has 0 saturated heterocycles. The van der Waals surface area contributed by atoms with Gasteiger partial charge in [0.15, 0.2) is 5.16 Å². The van der Waals surface area contributed by atoms with E-state index in [1.54, 1.807) is 13.3 Å². The van der Waals surface area contributed by atoms with E-state index < -0.39 is 0 Å². The van der Waals surface area contributed by atoms with Crippen molar-refractivity contribution in [1.29, 1.82) is 0 Å². The highest BCUT2D eigenvalue weighted by Gasteiger charge is 2.12. The van der Waals surface area contributed by atoms with Crippen molar-refractivity contribution < 1.29 is 9.53 Å². The molecule has 0 bridgehead atoms. The summed E-state index contributed by atoms with van der Waals surface area (Å²) in [5.74, 6) is 0.311. The molecule has 0 spiro atoms. The van der Waals surface area contributed by atoms with Gasteiger partial charge in [0.05, 0.1) is 18.0 Å². The number of methoxy groups -OCH3 is 1. The lowest BCUT2D eigenvalue weighted by Crippen LogP contribution is -2.36. The highest BCUT2D eigenvalue weighted by molar-refractivity contribution is 7.99. The number of ether oxygens (including phenoxy) is 1. The Kier molecular flexibility index (Phi) is 6.24. The molecule has 2 aromatic rings. The molecule has 0 aliphatic carbocycles. The molecule has 0 aliphatic rings. The average Bonchev–Trinajstić information content (AvgIpc) is 2.96. The SMILES string of the molecule is COCC(C)NC(=O)CSc1nccn1-c1cc(C)ccc1C. The Morgan fingerprint density at radius 3 is 2.96 bits per heavy atom. The van der Waals surface area contributed by atoms with E-state index in [2.05, 4.69) is 42.3 Å².